The van der Waals surface area contributed by atoms with E-state index < -0.39 is 46.9 Å². The molecule has 1 aliphatic rings. The maximum absolute atomic E-state index is 10.8. The zero-order valence-electron chi connectivity index (χ0n) is 14.7. The first-order valence-corrected chi connectivity index (χ1v) is 9.83. The van der Waals surface area contributed by atoms with Crippen LogP contribution in [0.15, 0.2) is 29.4 Å². The Balaban J connectivity index is 0.00000392. The molecule has 0 aliphatic carbocycles. The van der Waals surface area contributed by atoms with Gasteiger partial charge in [-0.3, -0.25) is 4.55 Å². The van der Waals surface area contributed by atoms with E-state index in [9.17, 15) is 34.0 Å². The molecule has 0 bridgehead atoms. The van der Waals surface area contributed by atoms with Crippen molar-refractivity contribution in [1.29, 1.82) is 0 Å². The van der Waals surface area contributed by atoms with Gasteiger partial charge in [0.05, 0.1) is 6.61 Å². The van der Waals surface area contributed by atoms with Gasteiger partial charge in [0.15, 0.2) is 0 Å². The van der Waals surface area contributed by atoms with Crippen molar-refractivity contribution < 1.29 is 47.5 Å². The SMILES string of the molecule is O=S(=O)(O)ON=C(Cc1ccc(O)cc1)S[C@@H]1O[C@H](CO)[C@@H](O)[C@H](O)[C@H]1O.[K]. The van der Waals surface area contributed by atoms with Crippen LogP contribution in [0.3, 0.4) is 0 Å². The molecule has 1 aromatic carbocycles. The molecule has 0 amide bonds. The summed E-state index contributed by atoms with van der Waals surface area (Å²) in [5.41, 5.74) is -0.649. The molecule has 11 nitrogen and oxygen atoms in total. The average molecular weight is 465 g/mol. The number of rotatable bonds is 6. The van der Waals surface area contributed by atoms with Crippen LogP contribution in [-0.2, 0) is 25.8 Å². The van der Waals surface area contributed by atoms with E-state index in [4.69, 9.17) is 9.29 Å². The van der Waals surface area contributed by atoms with Crippen LogP contribution in [0.5, 0.6) is 5.75 Å². The number of aromatic hydroxyl groups is 1. The predicted molar refractivity (Wildman–Crippen MR) is 99.0 cm³/mol. The standard InChI is InChI=1S/C14H19NO10S2.K/c16-6-9-11(18)12(19)13(20)14(24-9)26-10(15-25-27(21,22)23)5-7-1-3-8(17)4-2-7;/h1-4,9,11-14,16-20H,5-6H2,(H,21,22,23);/t9-,11-,12+,13-,14+;/m1./s1. The van der Waals surface area contributed by atoms with Crippen LogP contribution in [0, 0.1) is 0 Å². The van der Waals surface area contributed by atoms with Crippen molar-refractivity contribution >= 4 is 78.6 Å². The largest absolute Gasteiger partial charge is 0.508 e. The monoisotopic (exact) mass is 464 g/mol. The Morgan fingerprint density at radius 3 is 2.29 bits per heavy atom. The quantitative estimate of drug-likeness (QED) is 0.0918. The van der Waals surface area contributed by atoms with Crippen LogP contribution in [-0.4, -0.2) is 131 Å². The minimum Gasteiger partial charge on any atom is -0.508 e. The molecule has 1 fully saturated rings. The molecule has 0 saturated carbocycles. The first-order chi connectivity index (χ1) is 12.6. The number of phenolic OH excluding ortho intramolecular Hbond substituents is 1. The molecule has 1 aromatic rings. The molecule has 1 radical (unpaired) electrons. The minimum absolute atomic E-state index is 0. The van der Waals surface area contributed by atoms with Crippen molar-refractivity contribution in [2.24, 2.45) is 5.16 Å². The van der Waals surface area contributed by atoms with Crippen molar-refractivity contribution in [2.45, 2.75) is 36.3 Å². The van der Waals surface area contributed by atoms with Crippen molar-refractivity contribution in [3.8, 4) is 5.75 Å². The Morgan fingerprint density at radius 1 is 1.14 bits per heavy atom. The fourth-order valence-electron chi connectivity index (χ4n) is 2.27. The van der Waals surface area contributed by atoms with Crippen LogP contribution in [0.4, 0.5) is 0 Å². The zero-order valence-corrected chi connectivity index (χ0v) is 19.4. The number of aliphatic hydroxyl groups is 4. The second-order valence-electron chi connectivity index (χ2n) is 5.65. The molecule has 153 valence electrons. The Morgan fingerprint density at radius 2 is 1.75 bits per heavy atom. The number of ether oxygens (including phenoxy) is 1. The summed E-state index contributed by atoms with van der Waals surface area (Å²) < 4.78 is 39.6. The Bertz CT molecular complexity index is 758. The van der Waals surface area contributed by atoms with Gasteiger partial charge in [0, 0.05) is 57.8 Å². The summed E-state index contributed by atoms with van der Waals surface area (Å²) in [6.07, 6.45) is -5.93. The minimum atomic E-state index is -4.88. The molecule has 5 atom stereocenters. The van der Waals surface area contributed by atoms with E-state index in [0.29, 0.717) is 17.3 Å². The summed E-state index contributed by atoms with van der Waals surface area (Å²) in [7, 11) is -4.88. The molecule has 0 aromatic heterocycles. The summed E-state index contributed by atoms with van der Waals surface area (Å²) in [5.74, 6) is 0.00742. The molecule has 1 heterocycles. The van der Waals surface area contributed by atoms with Crippen molar-refractivity contribution in [2.75, 3.05) is 6.61 Å². The summed E-state index contributed by atoms with van der Waals surface area (Å²) in [4.78, 5) is 0. The number of hydrogen-bond donors (Lipinski definition) is 6. The van der Waals surface area contributed by atoms with Gasteiger partial charge in [0.1, 0.15) is 40.6 Å². The molecule has 1 aliphatic heterocycles. The van der Waals surface area contributed by atoms with E-state index in [2.05, 4.69) is 9.44 Å². The number of thioether (sulfide) groups is 1. The smallest absolute Gasteiger partial charge is 0.466 e. The Labute approximate surface area is 207 Å². The number of phenols is 1. The number of nitrogens with zero attached hydrogens (tertiary/aromatic N) is 1. The molecular weight excluding hydrogens is 445 g/mol. The molecule has 28 heavy (non-hydrogen) atoms. The summed E-state index contributed by atoms with van der Waals surface area (Å²) in [5, 5.41) is 51.4. The zero-order chi connectivity index (χ0) is 20.2. The maximum atomic E-state index is 10.8. The molecule has 1 saturated heterocycles. The second kappa shape index (κ2) is 11.5. The normalized spacial score (nSPS) is 28.5. The maximum Gasteiger partial charge on any atom is 0.466 e. The van der Waals surface area contributed by atoms with E-state index >= 15 is 0 Å². The summed E-state index contributed by atoms with van der Waals surface area (Å²) >= 11 is 0.671. The van der Waals surface area contributed by atoms with Gasteiger partial charge in [-0.2, -0.15) is 8.42 Å². The van der Waals surface area contributed by atoms with Gasteiger partial charge in [-0.1, -0.05) is 29.1 Å². The third-order valence-electron chi connectivity index (χ3n) is 3.63. The molecule has 6 N–H and O–H groups in total. The van der Waals surface area contributed by atoms with E-state index in [1.54, 1.807) is 0 Å². The van der Waals surface area contributed by atoms with Crippen molar-refractivity contribution in [3.63, 3.8) is 0 Å². The van der Waals surface area contributed by atoms with Gasteiger partial charge in [-0.05, 0) is 17.7 Å². The fraction of sp³-hybridized carbons (Fsp3) is 0.500. The van der Waals surface area contributed by atoms with Gasteiger partial charge in [-0.15, -0.1) is 0 Å². The molecule has 0 unspecified atom stereocenters. The van der Waals surface area contributed by atoms with E-state index in [1.807, 2.05) is 0 Å². The topological polar surface area (TPSA) is 186 Å². The first-order valence-electron chi connectivity index (χ1n) is 7.58. The van der Waals surface area contributed by atoms with Gasteiger partial charge in [-0.25, -0.2) is 4.28 Å². The molecular formula is C14H19KNO10S2. The third-order valence-corrected chi connectivity index (χ3v) is 5.00. The van der Waals surface area contributed by atoms with Crippen LogP contribution in [0.25, 0.3) is 0 Å². The van der Waals surface area contributed by atoms with Crippen LogP contribution >= 0.6 is 11.8 Å². The Hall–Kier alpha value is 0.186. The average Bonchev–Trinajstić information content (AvgIpc) is 2.61. The van der Waals surface area contributed by atoms with Crippen molar-refractivity contribution in [3.05, 3.63) is 29.8 Å². The van der Waals surface area contributed by atoms with Gasteiger partial charge in [0.2, 0.25) is 0 Å². The van der Waals surface area contributed by atoms with E-state index in [-0.39, 0.29) is 68.6 Å². The van der Waals surface area contributed by atoms with Gasteiger partial charge < -0.3 is 30.3 Å². The molecule has 0 spiro atoms. The van der Waals surface area contributed by atoms with E-state index in [0.717, 1.165) is 0 Å². The number of hydrogen-bond acceptors (Lipinski definition) is 11. The van der Waals surface area contributed by atoms with Crippen LogP contribution in [0.2, 0.25) is 0 Å². The van der Waals surface area contributed by atoms with Crippen molar-refractivity contribution in [1.82, 2.24) is 0 Å². The second-order valence-corrected chi connectivity index (χ2v) is 7.82. The summed E-state index contributed by atoms with van der Waals surface area (Å²) in [6.45, 7) is -0.631. The predicted octanol–water partition coefficient (Wildman–Crippen LogP) is -1.78. The number of benzene rings is 1. The number of oxime groups is 1. The third kappa shape index (κ3) is 7.79. The molecule has 14 heteroatoms. The fourth-order valence-corrected chi connectivity index (χ4v) is 3.60. The van der Waals surface area contributed by atoms with Gasteiger partial charge in [0.25, 0.3) is 0 Å². The van der Waals surface area contributed by atoms with Crippen LogP contribution < -0.4 is 0 Å². The van der Waals surface area contributed by atoms with Crippen LogP contribution in [0.1, 0.15) is 5.56 Å². The summed E-state index contributed by atoms with van der Waals surface area (Å²) in [6, 6.07) is 5.81. The number of aliphatic hydroxyl groups excluding tert-OH is 4. The van der Waals surface area contributed by atoms with E-state index in [1.165, 1.54) is 24.3 Å². The molecule has 2 rings (SSSR count). The Kier molecular flexibility index (Phi) is 10.8. The van der Waals surface area contributed by atoms with Gasteiger partial charge >= 0.3 is 10.4 Å². The first kappa shape index (κ1) is 26.2.